The summed E-state index contributed by atoms with van der Waals surface area (Å²) in [5.41, 5.74) is 0.379. The molecule has 0 aliphatic heterocycles. The van der Waals surface area contributed by atoms with Crippen LogP contribution >= 0.6 is 0 Å². The van der Waals surface area contributed by atoms with E-state index in [0.29, 0.717) is 24.5 Å². The van der Waals surface area contributed by atoms with E-state index in [1.165, 1.54) is 23.5 Å². The fourth-order valence-corrected chi connectivity index (χ4v) is 4.53. The lowest BCUT2D eigenvalue weighted by atomic mass is 10.2. The van der Waals surface area contributed by atoms with Crippen LogP contribution < -0.4 is 14.4 Å². The molecule has 0 unspecified atom stereocenters. The van der Waals surface area contributed by atoms with E-state index >= 15 is 0 Å². The zero-order valence-electron chi connectivity index (χ0n) is 16.1. The van der Waals surface area contributed by atoms with Crippen molar-refractivity contribution in [3.63, 3.8) is 0 Å². The van der Waals surface area contributed by atoms with Crippen LogP contribution in [0.2, 0.25) is 0 Å². The summed E-state index contributed by atoms with van der Waals surface area (Å²) in [7, 11) is -2.40. The predicted molar refractivity (Wildman–Crippen MR) is 109 cm³/mol. The van der Waals surface area contributed by atoms with Gasteiger partial charge in [-0.15, -0.1) is 0 Å². The van der Waals surface area contributed by atoms with Crippen molar-refractivity contribution < 1.29 is 28.0 Å². The van der Waals surface area contributed by atoms with Gasteiger partial charge in [-0.05, 0) is 36.4 Å². The summed E-state index contributed by atoms with van der Waals surface area (Å²) in [6.45, 7) is 0.771. The first-order chi connectivity index (χ1) is 14.0. The van der Waals surface area contributed by atoms with Crippen LogP contribution in [0, 0.1) is 0 Å². The van der Waals surface area contributed by atoms with Gasteiger partial charge in [-0.2, -0.15) is 0 Å². The number of benzene rings is 2. The van der Waals surface area contributed by atoms with Crippen molar-refractivity contribution in [2.45, 2.75) is 17.5 Å². The monoisotopic (exact) mass is 417 g/mol. The predicted octanol–water partition coefficient (Wildman–Crippen LogP) is 1.61. The number of furan rings is 1. The van der Waals surface area contributed by atoms with E-state index in [1.54, 1.807) is 54.8 Å². The SMILES string of the molecule is COc1ccccc1N(C[C@@H](O)C[NH2+]Cc1ccco1)S(=O)(=O)c1ccccc1. The van der Waals surface area contributed by atoms with Crippen LogP contribution in [0.5, 0.6) is 5.75 Å². The third kappa shape index (κ3) is 5.17. The molecular weight excluding hydrogens is 392 g/mol. The Hall–Kier alpha value is -2.81. The highest BCUT2D eigenvalue weighted by Gasteiger charge is 2.29. The average molecular weight is 418 g/mol. The van der Waals surface area contributed by atoms with Gasteiger partial charge in [0.1, 0.15) is 24.9 Å². The fraction of sp³-hybridized carbons (Fsp3) is 0.238. The first kappa shape index (κ1) is 20.9. The third-order valence-electron chi connectivity index (χ3n) is 4.43. The van der Waals surface area contributed by atoms with Gasteiger partial charge >= 0.3 is 0 Å². The highest BCUT2D eigenvalue weighted by atomic mass is 32.2. The molecule has 1 aromatic heterocycles. The molecule has 0 bridgehead atoms. The first-order valence-corrected chi connectivity index (χ1v) is 10.7. The average Bonchev–Trinajstić information content (AvgIpc) is 3.26. The number of methoxy groups -OCH3 is 1. The highest BCUT2D eigenvalue weighted by molar-refractivity contribution is 7.92. The van der Waals surface area contributed by atoms with Gasteiger partial charge in [0.05, 0.1) is 30.5 Å². The Morgan fingerprint density at radius 1 is 1.07 bits per heavy atom. The Balaban J connectivity index is 1.83. The molecule has 2 aromatic carbocycles. The maximum atomic E-state index is 13.3. The summed E-state index contributed by atoms with van der Waals surface area (Å²) in [6, 6.07) is 18.7. The number of quaternary nitrogens is 1. The van der Waals surface area contributed by atoms with Crippen molar-refractivity contribution >= 4 is 15.7 Å². The first-order valence-electron chi connectivity index (χ1n) is 9.25. The zero-order valence-corrected chi connectivity index (χ0v) is 17.0. The summed E-state index contributed by atoms with van der Waals surface area (Å²) >= 11 is 0. The van der Waals surface area contributed by atoms with Crippen LogP contribution in [0.1, 0.15) is 5.76 Å². The molecule has 3 N–H and O–H groups in total. The van der Waals surface area contributed by atoms with Crippen molar-refractivity contribution in [3.05, 3.63) is 78.8 Å². The van der Waals surface area contributed by atoms with Gasteiger partial charge in [-0.3, -0.25) is 4.31 Å². The lowest BCUT2D eigenvalue weighted by Gasteiger charge is -2.27. The van der Waals surface area contributed by atoms with Crippen molar-refractivity contribution in [2.75, 3.05) is 24.5 Å². The van der Waals surface area contributed by atoms with Gasteiger partial charge in [0, 0.05) is 0 Å². The van der Waals surface area contributed by atoms with Crippen LogP contribution in [0.25, 0.3) is 0 Å². The summed E-state index contributed by atoms with van der Waals surface area (Å²) in [5.74, 6) is 1.20. The number of nitrogens with zero attached hydrogens (tertiary/aromatic N) is 1. The number of anilines is 1. The maximum absolute atomic E-state index is 13.3. The topological polar surface area (TPSA) is 96.6 Å². The number of ether oxygens (including phenoxy) is 1. The molecular formula is C21H25N2O5S+. The molecule has 0 saturated carbocycles. The summed E-state index contributed by atoms with van der Waals surface area (Å²) in [6.07, 6.45) is 0.698. The minimum Gasteiger partial charge on any atom is -0.495 e. The van der Waals surface area contributed by atoms with Crippen molar-refractivity contribution in [1.29, 1.82) is 0 Å². The number of sulfonamides is 1. The number of rotatable bonds is 10. The Labute approximate surface area is 170 Å². The number of para-hydroxylation sites is 2. The molecule has 8 heteroatoms. The molecule has 0 spiro atoms. The number of aliphatic hydroxyl groups is 1. The van der Waals surface area contributed by atoms with Gasteiger partial charge in [0.25, 0.3) is 10.0 Å². The minimum absolute atomic E-state index is 0.105. The summed E-state index contributed by atoms with van der Waals surface area (Å²) in [4.78, 5) is 0.151. The number of hydrogen-bond acceptors (Lipinski definition) is 5. The zero-order chi connectivity index (χ0) is 20.7. The third-order valence-corrected chi connectivity index (χ3v) is 6.22. The van der Waals surface area contributed by atoms with E-state index < -0.39 is 16.1 Å². The Bertz CT molecular complexity index is 991. The van der Waals surface area contributed by atoms with E-state index in [0.717, 1.165) is 5.76 Å². The van der Waals surface area contributed by atoms with Crippen LogP contribution in [-0.2, 0) is 16.6 Å². The number of nitrogens with two attached hydrogens (primary N) is 1. The van der Waals surface area contributed by atoms with Crippen molar-refractivity contribution in [1.82, 2.24) is 0 Å². The fourth-order valence-electron chi connectivity index (χ4n) is 2.99. The minimum atomic E-state index is -3.89. The molecule has 0 amide bonds. The Morgan fingerprint density at radius 3 is 2.48 bits per heavy atom. The second kappa shape index (κ2) is 9.60. The van der Waals surface area contributed by atoms with Gasteiger partial charge in [0.15, 0.2) is 5.76 Å². The number of hydrogen-bond donors (Lipinski definition) is 2. The molecule has 3 rings (SSSR count). The smallest absolute Gasteiger partial charge is 0.264 e. The molecule has 1 heterocycles. The second-order valence-corrected chi connectivity index (χ2v) is 8.35. The van der Waals surface area contributed by atoms with E-state index in [4.69, 9.17) is 9.15 Å². The normalized spacial score (nSPS) is 12.5. The lowest BCUT2D eigenvalue weighted by Crippen LogP contribution is -2.85. The molecule has 0 fully saturated rings. The molecule has 7 nitrogen and oxygen atoms in total. The molecule has 1 atom stereocenters. The van der Waals surface area contributed by atoms with Crippen LogP contribution in [0.3, 0.4) is 0 Å². The largest absolute Gasteiger partial charge is 0.495 e. The Kier molecular flexibility index (Phi) is 6.92. The van der Waals surface area contributed by atoms with Crippen molar-refractivity contribution in [2.24, 2.45) is 0 Å². The van der Waals surface area contributed by atoms with Gasteiger partial charge in [-0.25, -0.2) is 8.42 Å². The Morgan fingerprint density at radius 2 is 1.79 bits per heavy atom. The van der Waals surface area contributed by atoms with Crippen LogP contribution in [-0.4, -0.2) is 39.8 Å². The molecule has 154 valence electrons. The molecule has 29 heavy (non-hydrogen) atoms. The lowest BCUT2D eigenvalue weighted by molar-refractivity contribution is -0.677. The second-order valence-electron chi connectivity index (χ2n) is 6.48. The van der Waals surface area contributed by atoms with Gasteiger partial charge in [-0.1, -0.05) is 30.3 Å². The van der Waals surface area contributed by atoms with E-state index in [2.05, 4.69) is 0 Å². The van der Waals surface area contributed by atoms with E-state index in [9.17, 15) is 13.5 Å². The van der Waals surface area contributed by atoms with Crippen LogP contribution in [0.4, 0.5) is 5.69 Å². The highest BCUT2D eigenvalue weighted by Crippen LogP contribution is 2.32. The van der Waals surface area contributed by atoms with Gasteiger partial charge < -0.3 is 19.6 Å². The quantitative estimate of drug-likeness (QED) is 0.522. The molecule has 0 radical (unpaired) electrons. The maximum Gasteiger partial charge on any atom is 0.264 e. The van der Waals surface area contributed by atoms with Crippen molar-refractivity contribution in [3.8, 4) is 5.75 Å². The number of aliphatic hydroxyl groups excluding tert-OH is 1. The summed E-state index contributed by atoms with van der Waals surface area (Å²) in [5, 5.41) is 12.4. The molecule has 0 aliphatic carbocycles. The summed E-state index contributed by atoms with van der Waals surface area (Å²) < 4.78 is 38.5. The van der Waals surface area contributed by atoms with E-state index in [-0.39, 0.29) is 11.4 Å². The van der Waals surface area contributed by atoms with Gasteiger partial charge in [0.2, 0.25) is 0 Å². The molecule has 3 aromatic rings. The van der Waals surface area contributed by atoms with Crippen LogP contribution in [0.15, 0.2) is 82.3 Å². The molecule has 0 saturated heterocycles. The van der Waals surface area contributed by atoms with E-state index in [1.807, 2.05) is 11.4 Å². The standard InChI is InChI=1S/C21H24N2O5S/c1-27-21-12-6-5-11-20(21)23(29(25,26)19-9-3-2-4-10-19)16-17(24)14-22-15-18-8-7-13-28-18/h2-13,17,22,24H,14-16H2,1H3/p+1/t17-/m0/s1. The molecule has 0 aliphatic rings.